The Morgan fingerprint density at radius 1 is 1.08 bits per heavy atom. The van der Waals surface area contributed by atoms with Gasteiger partial charge in [0.1, 0.15) is 24.4 Å². The van der Waals surface area contributed by atoms with Gasteiger partial charge in [0.15, 0.2) is 6.29 Å². The van der Waals surface area contributed by atoms with Crippen LogP contribution in [0, 0.1) is 0 Å². The van der Waals surface area contributed by atoms with Gasteiger partial charge < -0.3 is 30.3 Å². The third kappa shape index (κ3) is 5.04. The second kappa shape index (κ2) is 7.84. The zero-order valence-electron chi connectivity index (χ0n) is 7.24. The Hall–Kier alpha value is 0.470. The number of aldehydes is 1. The van der Waals surface area contributed by atoms with Crippen molar-refractivity contribution in [1.82, 2.24) is 0 Å². The Balaban J connectivity index is 0. The summed E-state index contributed by atoms with van der Waals surface area (Å²) in [6.07, 6.45) is -6.84. The topological polar surface area (TPSA) is 118 Å². The molecule has 7 heteroatoms. The number of rotatable bonds is 5. The van der Waals surface area contributed by atoms with Crippen LogP contribution in [0.25, 0.3) is 0 Å². The number of carbonyl (C=O) groups excluding carboxylic acids is 1. The molecule has 0 spiro atoms. The van der Waals surface area contributed by atoms with Gasteiger partial charge in [0.25, 0.3) is 0 Å². The number of aliphatic hydroxyl groups is 5. The van der Waals surface area contributed by atoms with Crippen molar-refractivity contribution in [3.8, 4) is 0 Å². The van der Waals surface area contributed by atoms with Crippen molar-refractivity contribution in [3.05, 3.63) is 0 Å². The van der Waals surface area contributed by atoms with E-state index in [1.54, 1.807) is 0 Å². The first kappa shape index (κ1) is 15.9. The van der Waals surface area contributed by atoms with Crippen molar-refractivity contribution in [3.63, 3.8) is 0 Å². The molecule has 0 saturated carbocycles. The van der Waals surface area contributed by atoms with E-state index in [2.05, 4.69) is 0 Å². The first-order chi connectivity index (χ1) is 5.54. The Morgan fingerprint density at radius 2 is 1.54 bits per heavy atom. The third-order valence-corrected chi connectivity index (χ3v) is 1.42. The van der Waals surface area contributed by atoms with Gasteiger partial charge in [-0.1, -0.05) is 0 Å². The monoisotopic (exact) mass is 203 g/mol. The Labute approximate surface area is 97.1 Å². The van der Waals surface area contributed by atoms with Gasteiger partial charge in [0.05, 0.1) is 6.61 Å². The van der Waals surface area contributed by atoms with Gasteiger partial charge >= 0.3 is 0 Å². The van der Waals surface area contributed by atoms with Crippen molar-refractivity contribution in [2.75, 3.05) is 6.61 Å². The molecule has 0 amide bonds. The van der Waals surface area contributed by atoms with Crippen LogP contribution in [0.15, 0.2) is 0 Å². The standard InChI is InChI=1S/C6H12O6.Na/c7-1-3(9)5(11)6(12)4(10)2-8;/h1,3-6,8-12H,2H2;/t3-,4+,5-,6-;/m0./s1. The fourth-order valence-corrected chi connectivity index (χ4v) is 0.618. The average molecular weight is 203 g/mol. The van der Waals surface area contributed by atoms with Crippen LogP contribution in [-0.2, 0) is 4.79 Å². The number of hydrogen-bond donors (Lipinski definition) is 5. The van der Waals surface area contributed by atoms with Crippen LogP contribution in [0.5, 0.6) is 0 Å². The maximum atomic E-state index is 9.90. The molecular weight excluding hydrogens is 191 g/mol. The summed E-state index contributed by atoms with van der Waals surface area (Å²) in [7, 11) is 0. The second-order valence-corrected chi connectivity index (χ2v) is 2.36. The molecule has 0 aromatic carbocycles. The predicted molar refractivity (Wildman–Crippen MR) is 42.9 cm³/mol. The van der Waals surface area contributed by atoms with Crippen LogP contribution in [0.3, 0.4) is 0 Å². The molecule has 0 aliphatic rings. The zero-order chi connectivity index (χ0) is 9.72. The number of aliphatic hydroxyl groups excluding tert-OH is 5. The molecule has 0 aromatic heterocycles. The van der Waals surface area contributed by atoms with E-state index in [0.29, 0.717) is 0 Å². The van der Waals surface area contributed by atoms with E-state index >= 15 is 0 Å². The van der Waals surface area contributed by atoms with Gasteiger partial charge in [0.2, 0.25) is 0 Å². The minimum absolute atomic E-state index is 0. The van der Waals surface area contributed by atoms with Crippen molar-refractivity contribution in [2.24, 2.45) is 0 Å². The molecule has 5 N–H and O–H groups in total. The molecule has 0 rings (SSSR count). The van der Waals surface area contributed by atoms with Crippen LogP contribution in [0.1, 0.15) is 0 Å². The molecule has 1 radical (unpaired) electrons. The first-order valence-corrected chi connectivity index (χ1v) is 3.33. The molecule has 0 bridgehead atoms. The van der Waals surface area contributed by atoms with E-state index in [1.165, 1.54) is 0 Å². The largest absolute Gasteiger partial charge is 0.394 e. The van der Waals surface area contributed by atoms with E-state index in [-0.39, 0.29) is 35.8 Å². The van der Waals surface area contributed by atoms with Gasteiger partial charge in [-0.05, 0) is 0 Å². The minimum atomic E-state index is -1.79. The molecule has 0 aliphatic heterocycles. The van der Waals surface area contributed by atoms with Crippen molar-refractivity contribution in [2.45, 2.75) is 24.4 Å². The first-order valence-electron chi connectivity index (χ1n) is 3.33. The molecular formula is C6H12NaO6. The Kier molecular flexibility index (Phi) is 9.60. The summed E-state index contributed by atoms with van der Waals surface area (Å²) in [6, 6.07) is 0. The minimum Gasteiger partial charge on any atom is -0.394 e. The van der Waals surface area contributed by atoms with Gasteiger partial charge in [-0.25, -0.2) is 0 Å². The summed E-state index contributed by atoms with van der Waals surface area (Å²) in [5.74, 6) is 0. The summed E-state index contributed by atoms with van der Waals surface area (Å²) >= 11 is 0. The van der Waals surface area contributed by atoms with E-state index < -0.39 is 31.0 Å². The molecule has 4 atom stereocenters. The molecule has 0 fully saturated rings. The van der Waals surface area contributed by atoms with E-state index in [0.717, 1.165) is 0 Å². The summed E-state index contributed by atoms with van der Waals surface area (Å²) < 4.78 is 0. The molecule has 13 heavy (non-hydrogen) atoms. The molecule has 0 aromatic rings. The molecule has 0 heterocycles. The quantitative estimate of drug-likeness (QED) is 0.231. The van der Waals surface area contributed by atoms with Crippen LogP contribution in [-0.4, -0.2) is 92.4 Å². The maximum Gasteiger partial charge on any atom is 0.151 e. The fraction of sp³-hybridized carbons (Fsp3) is 0.833. The van der Waals surface area contributed by atoms with Gasteiger partial charge in [0, 0.05) is 29.6 Å². The fourth-order valence-electron chi connectivity index (χ4n) is 0.618. The number of carbonyl (C=O) groups is 1. The molecule has 0 aliphatic carbocycles. The van der Waals surface area contributed by atoms with Crippen molar-refractivity contribution in [1.29, 1.82) is 0 Å². The number of hydrogen-bond acceptors (Lipinski definition) is 6. The van der Waals surface area contributed by atoms with Crippen LogP contribution in [0.2, 0.25) is 0 Å². The van der Waals surface area contributed by atoms with Crippen LogP contribution < -0.4 is 0 Å². The summed E-state index contributed by atoms with van der Waals surface area (Å²) in [5, 5.41) is 43.5. The van der Waals surface area contributed by atoms with Gasteiger partial charge in [-0.2, -0.15) is 0 Å². The van der Waals surface area contributed by atoms with Gasteiger partial charge in [-0.3, -0.25) is 0 Å². The summed E-state index contributed by atoms with van der Waals surface area (Å²) in [4.78, 5) is 9.90. The van der Waals surface area contributed by atoms with E-state index in [9.17, 15) is 4.79 Å². The molecule has 0 unspecified atom stereocenters. The van der Waals surface area contributed by atoms with E-state index in [1.807, 2.05) is 0 Å². The Morgan fingerprint density at radius 3 is 1.85 bits per heavy atom. The zero-order valence-corrected chi connectivity index (χ0v) is 9.24. The van der Waals surface area contributed by atoms with Gasteiger partial charge in [-0.15, -0.1) is 0 Å². The summed E-state index contributed by atoms with van der Waals surface area (Å²) in [6.45, 7) is -0.760. The van der Waals surface area contributed by atoms with Crippen LogP contribution >= 0.6 is 0 Å². The van der Waals surface area contributed by atoms with Crippen LogP contribution in [0.4, 0.5) is 0 Å². The molecule has 0 saturated heterocycles. The van der Waals surface area contributed by atoms with Crippen molar-refractivity contribution >= 4 is 35.8 Å². The predicted octanol–water partition coefficient (Wildman–Crippen LogP) is -3.76. The maximum absolute atomic E-state index is 9.90. The molecule has 6 nitrogen and oxygen atoms in total. The third-order valence-electron chi connectivity index (χ3n) is 1.42. The SMILES string of the molecule is O=C[C@H](O)[C@H](O)[C@@H](O)[C@H](O)CO.[Na]. The smallest absolute Gasteiger partial charge is 0.151 e. The second-order valence-electron chi connectivity index (χ2n) is 2.36. The average Bonchev–Trinajstić information content (AvgIpc) is 2.12. The Bertz CT molecular complexity index is 143. The van der Waals surface area contributed by atoms with Crippen molar-refractivity contribution < 1.29 is 30.3 Å². The summed E-state index contributed by atoms with van der Waals surface area (Å²) in [5.41, 5.74) is 0. The molecule has 73 valence electrons. The normalized spacial score (nSPS) is 19.5. The van der Waals surface area contributed by atoms with E-state index in [4.69, 9.17) is 25.5 Å².